The number of hydrogen-bond acceptors (Lipinski definition) is 2. The molecule has 4 rings (SSSR count). The summed E-state index contributed by atoms with van der Waals surface area (Å²) in [5, 5.41) is 4.08. The Morgan fingerprint density at radius 2 is 1.60 bits per heavy atom. The van der Waals surface area contributed by atoms with Gasteiger partial charge < -0.3 is 5.32 Å². The summed E-state index contributed by atoms with van der Waals surface area (Å²) >= 11 is 6.12. The van der Waals surface area contributed by atoms with Crippen molar-refractivity contribution in [3.8, 4) is 0 Å². The van der Waals surface area contributed by atoms with Gasteiger partial charge in [-0.25, -0.2) is 0 Å². The molecule has 1 aliphatic carbocycles. The Hall–Kier alpha value is -1.84. The first-order valence-electron chi connectivity index (χ1n) is 11.5. The normalized spacial score (nSPS) is 20.0. The molecule has 2 aromatic rings. The quantitative estimate of drug-likeness (QED) is 0.636. The molecule has 4 heteroatoms. The molecule has 1 unspecified atom stereocenters. The summed E-state index contributed by atoms with van der Waals surface area (Å²) < 4.78 is 0. The van der Waals surface area contributed by atoms with Crippen LogP contribution in [-0.4, -0.2) is 29.9 Å². The predicted molar refractivity (Wildman–Crippen MR) is 124 cm³/mol. The van der Waals surface area contributed by atoms with E-state index >= 15 is 0 Å². The molecule has 1 saturated heterocycles. The van der Waals surface area contributed by atoms with Crippen molar-refractivity contribution in [2.45, 2.75) is 63.5 Å². The van der Waals surface area contributed by atoms with Crippen molar-refractivity contribution in [3.05, 3.63) is 70.7 Å². The Labute approximate surface area is 185 Å². The van der Waals surface area contributed by atoms with Crippen molar-refractivity contribution < 1.29 is 4.79 Å². The summed E-state index contributed by atoms with van der Waals surface area (Å²) in [5.41, 5.74) is 2.47. The van der Waals surface area contributed by atoms with Gasteiger partial charge in [-0.3, -0.25) is 9.69 Å². The average Bonchev–Trinajstić information content (AvgIpc) is 2.78. The van der Waals surface area contributed by atoms with Crippen molar-refractivity contribution in [1.29, 1.82) is 0 Å². The number of amides is 1. The molecule has 2 fully saturated rings. The number of nitrogens with one attached hydrogen (secondary N) is 1. The highest BCUT2D eigenvalue weighted by Crippen LogP contribution is 2.30. The fourth-order valence-corrected chi connectivity index (χ4v) is 5.19. The third-order valence-electron chi connectivity index (χ3n) is 6.77. The summed E-state index contributed by atoms with van der Waals surface area (Å²) in [6.45, 7) is 1.92. The Kier molecular flexibility index (Phi) is 7.46. The van der Waals surface area contributed by atoms with E-state index in [1.807, 2.05) is 24.3 Å². The number of hydrogen-bond donors (Lipinski definition) is 1. The smallest absolute Gasteiger partial charge is 0.242 e. The summed E-state index contributed by atoms with van der Waals surface area (Å²) in [7, 11) is 0. The van der Waals surface area contributed by atoms with E-state index in [0.717, 1.165) is 50.8 Å². The maximum Gasteiger partial charge on any atom is 0.242 e. The molecule has 0 bridgehead atoms. The molecule has 1 N–H and O–H groups in total. The fraction of sp³-hybridized carbons (Fsp3) is 0.500. The van der Waals surface area contributed by atoms with Crippen LogP contribution in [0.15, 0.2) is 54.6 Å². The highest BCUT2D eigenvalue weighted by Gasteiger charge is 2.32. The van der Waals surface area contributed by atoms with Crippen LogP contribution in [0.1, 0.15) is 62.1 Å². The van der Waals surface area contributed by atoms with E-state index in [2.05, 4.69) is 40.5 Å². The first kappa shape index (κ1) is 21.4. The maximum absolute atomic E-state index is 13.4. The van der Waals surface area contributed by atoms with Gasteiger partial charge in [0.1, 0.15) is 6.04 Å². The summed E-state index contributed by atoms with van der Waals surface area (Å²) in [4.78, 5) is 15.8. The largest absolute Gasteiger partial charge is 0.352 e. The molecule has 0 aromatic heterocycles. The first-order chi connectivity index (χ1) is 14.7. The summed E-state index contributed by atoms with van der Waals surface area (Å²) in [5.74, 6) is 0.849. The Bertz CT molecular complexity index is 794. The lowest BCUT2D eigenvalue weighted by molar-refractivity contribution is -0.128. The lowest BCUT2D eigenvalue weighted by Gasteiger charge is -2.38. The minimum Gasteiger partial charge on any atom is -0.352 e. The molecule has 0 spiro atoms. The minimum atomic E-state index is -0.220. The summed E-state index contributed by atoms with van der Waals surface area (Å²) in [6, 6.07) is 18.7. The molecule has 160 valence electrons. The van der Waals surface area contributed by atoms with Gasteiger partial charge in [-0.05, 0) is 74.4 Å². The molecule has 1 atom stereocenters. The van der Waals surface area contributed by atoms with E-state index in [4.69, 9.17) is 11.6 Å². The van der Waals surface area contributed by atoms with E-state index in [9.17, 15) is 4.79 Å². The molecule has 30 heavy (non-hydrogen) atoms. The molecule has 0 radical (unpaired) electrons. The Morgan fingerprint density at radius 3 is 2.27 bits per heavy atom. The second kappa shape index (κ2) is 10.5. The van der Waals surface area contributed by atoms with Gasteiger partial charge in [0, 0.05) is 11.1 Å². The van der Waals surface area contributed by atoms with Crippen LogP contribution >= 0.6 is 11.6 Å². The van der Waals surface area contributed by atoms with Crippen molar-refractivity contribution in [2.24, 2.45) is 5.92 Å². The average molecular weight is 425 g/mol. The second-order valence-electron chi connectivity index (χ2n) is 8.97. The van der Waals surface area contributed by atoms with Gasteiger partial charge in [0.15, 0.2) is 0 Å². The molecular formula is C26H33ClN2O. The number of piperidine rings is 1. The van der Waals surface area contributed by atoms with Crippen LogP contribution in [0.4, 0.5) is 0 Å². The number of nitrogens with zero attached hydrogens (tertiary/aromatic N) is 1. The van der Waals surface area contributed by atoms with Crippen LogP contribution in [0.25, 0.3) is 0 Å². The molecule has 2 aromatic carbocycles. The van der Waals surface area contributed by atoms with Crippen molar-refractivity contribution in [1.82, 2.24) is 10.2 Å². The zero-order valence-corrected chi connectivity index (χ0v) is 18.5. The Balaban J connectivity index is 1.43. The van der Waals surface area contributed by atoms with Gasteiger partial charge in [0.25, 0.3) is 0 Å². The third-order valence-corrected chi connectivity index (χ3v) is 7.02. The number of rotatable bonds is 6. The van der Waals surface area contributed by atoms with Crippen LogP contribution in [0.3, 0.4) is 0 Å². The monoisotopic (exact) mass is 424 g/mol. The lowest BCUT2D eigenvalue weighted by atomic mass is 9.88. The van der Waals surface area contributed by atoms with E-state index < -0.39 is 0 Å². The summed E-state index contributed by atoms with van der Waals surface area (Å²) in [6.07, 6.45) is 9.36. The van der Waals surface area contributed by atoms with E-state index in [-0.39, 0.29) is 11.9 Å². The SMILES string of the molecule is O=C(NC1CCCCC1)C(c1ccc(Cl)cc1)N1CCC(Cc2ccccc2)CC1. The van der Waals surface area contributed by atoms with Crippen LogP contribution < -0.4 is 5.32 Å². The zero-order chi connectivity index (χ0) is 20.8. The van der Waals surface area contributed by atoms with Crippen molar-refractivity contribution in [2.75, 3.05) is 13.1 Å². The second-order valence-corrected chi connectivity index (χ2v) is 9.40. The van der Waals surface area contributed by atoms with E-state index in [0.29, 0.717) is 17.0 Å². The highest BCUT2D eigenvalue weighted by molar-refractivity contribution is 6.30. The van der Waals surface area contributed by atoms with Crippen LogP contribution in [0.2, 0.25) is 5.02 Å². The number of benzene rings is 2. The molecule has 1 heterocycles. The van der Waals surface area contributed by atoms with Crippen LogP contribution in [-0.2, 0) is 11.2 Å². The highest BCUT2D eigenvalue weighted by atomic mass is 35.5. The fourth-order valence-electron chi connectivity index (χ4n) is 5.06. The number of carbonyl (C=O) groups is 1. The van der Waals surface area contributed by atoms with Crippen LogP contribution in [0, 0.1) is 5.92 Å². The van der Waals surface area contributed by atoms with Crippen molar-refractivity contribution in [3.63, 3.8) is 0 Å². The maximum atomic E-state index is 13.4. The molecule has 1 aliphatic heterocycles. The van der Waals surface area contributed by atoms with E-state index in [1.54, 1.807) is 0 Å². The van der Waals surface area contributed by atoms with Gasteiger partial charge in [-0.2, -0.15) is 0 Å². The molecule has 1 saturated carbocycles. The predicted octanol–water partition coefficient (Wildman–Crippen LogP) is 5.78. The van der Waals surface area contributed by atoms with Gasteiger partial charge in [0.2, 0.25) is 5.91 Å². The minimum absolute atomic E-state index is 0.158. The topological polar surface area (TPSA) is 32.3 Å². The van der Waals surface area contributed by atoms with Crippen LogP contribution in [0.5, 0.6) is 0 Å². The zero-order valence-electron chi connectivity index (χ0n) is 17.7. The standard InChI is InChI=1S/C26H33ClN2O/c27-23-13-11-22(12-14-23)25(26(30)28-24-9-5-2-6-10-24)29-17-15-21(16-18-29)19-20-7-3-1-4-8-20/h1,3-4,7-8,11-14,21,24-25H,2,5-6,9-10,15-19H2,(H,28,30). The first-order valence-corrected chi connectivity index (χ1v) is 11.9. The number of halogens is 1. The molecule has 1 amide bonds. The van der Waals surface area contributed by atoms with Gasteiger partial charge in [0.05, 0.1) is 0 Å². The number of likely N-dealkylation sites (tertiary alicyclic amines) is 1. The van der Waals surface area contributed by atoms with Gasteiger partial charge in [-0.1, -0.05) is 73.3 Å². The van der Waals surface area contributed by atoms with Gasteiger partial charge in [-0.15, -0.1) is 0 Å². The Morgan fingerprint density at radius 1 is 0.933 bits per heavy atom. The van der Waals surface area contributed by atoms with Crippen molar-refractivity contribution >= 4 is 17.5 Å². The lowest BCUT2D eigenvalue weighted by Crippen LogP contribution is -2.47. The molecule has 3 nitrogen and oxygen atoms in total. The molecule has 2 aliphatic rings. The number of carbonyl (C=O) groups excluding carboxylic acids is 1. The molecular weight excluding hydrogens is 392 g/mol. The third kappa shape index (κ3) is 5.65. The van der Waals surface area contributed by atoms with Gasteiger partial charge >= 0.3 is 0 Å². The van der Waals surface area contributed by atoms with E-state index in [1.165, 1.54) is 24.8 Å².